The van der Waals surface area contributed by atoms with E-state index in [9.17, 15) is 0 Å². The molecular weight excluding hydrogens is 250 g/mol. The van der Waals surface area contributed by atoms with Gasteiger partial charge in [0, 0.05) is 24.5 Å². The number of nitrogens with zero attached hydrogens (tertiary/aromatic N) is 1. The predicted octanol–water partition coefficient (Wildman–Crippen LogP) is 3.24. The molecule has 0 radical (unpaired) electrons. The number of fused-ring (bicyclic) bond motifs is 3. The van der Waals surface area contributed by atoms with Gasteiger partial charge in [-0.3, -0.25) is 4.90 Å². The maximum absolute atomic E-state index is 5.64. The van der Waals surface area contributed by atoms with Crippen LogP contribution < -0.4 is 4.74 Å². The zero-order chi connectivity index (χ0) is 13.5. The van der Waals surface area contributed by atoms with Crippen LogP contribution in [0.4, 0.5) is 0 Å². The summed E-state index contributed by atoms with van der Waals surface area (Å²) in [5.74, 6) is 1.68. The van der Waals surface area contributed by atoms with Crippen LogP contribution in [-0.4, -0.2) is 31.1 Å². The van der Waals surface area contributed by atoms with Gasteiger partial charge in [0.25, 0.3) is 0 Å². The van der Waals surface area contributed by atoms with Crippen LogP contribution in [0.2, 0.25) is 0 Å². The highest BCUT2D eigenvalue weighted by Crippen LogP contribution is 2.32. The van der Waals surface area contributed by atoms with Gasteiger partial charge in [-0.1, -0.05) is 12.2 Å². The molecule has 3 nitrogen and oxygen atoms in total. The maximum atomic E-state index is 5.64. The average Bonchev–Trinajstić information content (AvgIpc) is 3.19. The first-order valence-electron chi connectivity index (χ1n) is 7.30. The molecule has 2 bridgehead atoms. The van der Waals surface area contributed by atoms with E-state index in [2.05, 4.69) is 23.1 Å². The zero-order valence-electron chi connectivity index (χ0n) is 11.7. The second-order valence-corrected chi connectivity index (χ2v) is 5.82. The zero-order valence-corrected chi connectivity index (χ0v) is 11.7. The number of benzene rings is 1. The number of methoxy groups -OCH3 is 1. The Kier molecular flexibility index (Phi) is 2.81. The van der Waals surface area contributed by atoms with Crippen molar-refractivity contribution in [3.8, 4) is 5.75 Å². The van der Waals surface area contributed by atoms with E-state index in [0.717, 1.165) is 30.2 Å². The monoisotopic (exact) mass is 269 g/mol. The number of likely N-dealkylation sites (tertiary alicyclic amines) is 1. The molecule has 0 amide bonds. The third-order valence-corrected chi connectivity index (χ3v) is 4.62. The van der Waals surface area contributed by atoms with Crippen molar-refractivity contribution in [1.82, 2.24) is 4.90 Å². The molecule has 2 atom stereocenters. The van der Waals surface area contributed by atoms with E-state index in [-0.39, 0.29) is 0 Å². The maximum Gasteiger partial charge on any atom is 0.134 e. The number of hydrogen-bond donors (Lipinski definition) is 0. The molecule has 2 aromatic rings. The smallest absolute Gasteiger partial charge is 0.134 e. The van der Waals surface area contributed by atoms with Gasteiger partial charge in [0.15, 0.2) is 0 Å². The molecule has 1 aliphatic carbocycles. The Morgan fingerprint density at radius 1 is 1.35 bits per heavy atom. The summed E-state index contributed by atoms with van der Waals surface area (Å²) in [6.45, 7) is 2.33. The van der Waals surface area contributed by atoms with Crippen molar-refractivity contribution in [2.75, 3.05) is 20.2 Å². The Labute approximate surface area is 118 Å². The van der Waals surface area contributed by atoms with Crippen LogP contribution in [0.1, 0.15) is 12.0 Å². The van der Waals surface area contributed by atoms with Crippen LogP contribution in [-0.2, 0) is 6.42 Å². The molecule has 1 aliphatic heterocycles. The number of rotatable bonds is 4. The molecule has 3 heteroatoms. The Morgan fingerprint density at radius 3 is 3.05 bits per heavy atom. The molecule has 0 unspecified atom stereocenters. The van der Waals surface area contributed by atoms with E-state index in [4.69, 9.17) is 9.15 Å². The summed E-state index contributed by atoms with van der Waals surface area (Å²) in [6, 6.07) is 6.68. The van der Waals surface area contributed by atoms with Crippen molar-refractivity contribution in [2.45, 2.75) is 18.9 Å². The summed E-state index contributed by atoms with van der Waals surface area (Å²) in [4.78, 5) is 2.59. The van der Waals surface area contributed by atoms with Gasteiger partial charge in [-0.25, -0.2) is 0 Å². The normalized spacial score (nSPS) is 24.9. The van der Waals surface area contributed by atoms with Gasteiger partial charge < -0.3 is 9.15 Å². The van der Waals surface area contributed by atoms with Crippen LogP contribution in [0, 0.1) is 5.92 Å². The standard InChI is InChI=1S/C17H19NO2/c1-19-15-4-5-17-16(9-15)13(11-20-17)6-7-18-10-12-2-3-14(18)8-12/h2-5,9,11-12,14H,6-8,10H2,1H3/t12-,14+/m0/s1. The molecule has 0 N–H and O–H groups in total. The molecule has 0 spiro atoms. The lowest BCUT2D eigenvalue weighted by molar-refractivity contribution is 0.283. The van der Waals surface area contributed by atoms with Crippen molar-refractivity contribution in [3.63, 3.8) is 0 Å². The van der Waals surface area contributed by atoms with Gasteiger partial charge in [-0.15, -0.1) is 0 Å². The van der Waals surface area contributed by atoms with E-state index in [1.807, 2.05) is 18.4 Å². The molecule has 0 saturated carbocycles. The molecule has 1 aromatic carbocycles. The summed E-state index contributed by atoms with van der Waals surface area (Å²) in [6.07, 6.45) is 9.00. The largest absolute Gasteiger partial charge is 0.497 e. The van der Waals surface area contributed by atoms with Gasteiger partial charge in [0.2, 0.25) is 0 Å². The fraction of sp³-hybridized carbons (Fsp3) is 0.412. The van der Waals surface area contributed by atoms with Crippen molar-refractivity contribution in [1.29, 1.82) is 0 Å². The highest BCUT2D eigenvalue weighted by Gasteiger charge is 2.32. The second kappa shape index (κ2) is 4.67. The Morgan fingerprint density at radius 2 is 2.30 bits per heavy atom. The molecule has 1 fully saturated rings. The first kappa shape index (κ1) is 12.0. The fourth-order valence-electron chi connectivity index (χ4n) is 3.50. The fourth-order valence-corrected chi connectivity index (χ4v) is 3.50. The number of ether oxygens (including phenoxy) is 1. The molecule has 4 rings (SSSR count). The molecule has 2 aliphatic rings. The lowest BCUT2D eigenvalue weighted by Crippen LogP contribution is -2.31. The minimum Gasteiger partial charge on any atom is -0.497 e. The first-order chi connectivity index (χ1) is 9.83. The summed E-state index contributed by atoms with van der Waals surface area (Å²) < 4.78 is 10.9. The topological polar surface area (TPSA) is 25.6 Å². The summed E-state index contributed by atoms with van der Waals surface area (Å²) in [5.41, 5.74) is 2.23. The van der Waals surface area contributed by atoms with Gasteiger partial charge in [0.05, 0.1) is 13.4 Å². The van der Waals surface area contributed by atoms with Crippen molar-refractivity contribution in [3.05, 3.63) is 42.2 Å². The second-order valence-electron chi connectivity index (χ2n) is 5.82. The highest BCUT2D eigenvalue weighted by molar-refractivity contribution is 5.82. The third kappa shape index (κ3) is 1.93. The van der Waals surface area contributed by atoms with E-state index in [1.54, 1.807) is 7.11 Å². The molecule has 20 heavy (non-hydrogen) atoms. The minimum absolute atomic E-state index is 0.674. The van der Waals surface area contributed by atoms with E-state index >= 15 is 0 Å². The lowest BCUT2D eigenvalue weighted by atomic mass is 10.1. The van der Waals surface area contributed by atoms with E-state index < -0.39 is 0 Å². The van der Waals surface area contributed by atoms with E-state index in [0.29, 0.717) is 6.04 Å². The Bertz CT molecular complexity index is 658. The molecule has 1 saturated heterocycles. The van der Waals surface area contributed by atoms with Crippen LogP contribution >= 0.6 is 0 Å². The average molecular weight is 269 g/mol. The first-order valence-corrected chi connectivity index (χ1v) is 7.30. The number of hydrogen-bond acceptors (Lipinski definition) is 3. The molecular formula is C17H19NO2. The SMILES string of the molecule is COc1ccc2occ(CCN3C[C@H]4C=C[C@@H]3C4)c2c1. The predicted molar refractivity (Wildman–Crippen MR) is 79.1 cm³/mol. The van der Waals surface area contributed by atoms with Gasteiger partial charge in [0.1, 0.15) is 11.3 Å². The Balaban J connectivity index is 1.52. The van der Waals surface area contributed by atoms with Crippen molar-refractivity contribution < 1.29 is 9.15 Å². The number of furan rings is 1. The molecule has 1 aromatic heterocycles. The van der Waals surface area contributed by atoms with E-state index in [1.165, 1.54) is 23.9 Å². The van der Waals surface area contributed by atoms with Crippen molar-refractivity contribution >= 4 is 11.0 Å². The molecule has 2 heterocycles. The lowest BCUT2D eigenvalue weighted by Gasteiger charge is -2.23. The van der Waals surface area contributed by atoms with Gasteiger partial charge in [-0.05, 0) is 42.5 Å². The van der Waals surface area contributed by atoms with Crippen LogP contribution in [0.3, 0.4) is 0 Å². The van der Waals surface area contributed by atoms with Crippen LogP contribution in [0.5, 0.6) is 5.75 Å². The quantitative estimate of drug-likeness (QED) is 0.797. The molecule has 104 valence electrons. The Hall–Kier alpha value is -1.74. The van der Waals surface area contributed by atoms with Gasteiger partial charge in [-0.2, -0.15) is 0 Å². The summed E-state index contributed by atoms with van der Waals surface area (Å²) in [7, 11) is 1.70. The van der Waals surface area contributed by atoms with Gasteiger partial charge >= 0.3 is 0 Å². The van der Waals surface area contributed by atoms with Crippen molar-refractivity contribution in [2.24, 2.45) is 5.92 Å². The van der Waals surface area contributed by atoms with Crippen LogP contribution in [0.15, 0.2) is 41.0 Å². The summed E-state index contributed by atoms with van der Waals surface area (Å²) in [5, 5.41) is 1.18. The minimum atomic E-state index is 0.674. The highest BCUT2D eigenvalue weighted by atomic mass is 16.5. The third-order valence-electron chi connectivity index (χ3n) is 4.62. The van der Waals surface area contributed by atoms with Crippen LogP contribution in [0.25, 0.3) is 11.0 Å². The summed E-state index contributed by atoms with van der Waals surface area (Å²) >= 11 is 0.